The van der Waals surface area contributed by atoms with Gasteiger partial charge in [0.1, 0.15) is 11.3 Å². The van der Waals surface area contributed by atoms with E-state index in [2.05, 4.69) is 10.6 Å². The summed E-state index contributed by atoms with van der Waals surface area (Å²) in [5.41, 5.74) is 1.45. The second kappa shape index (κ2) is 10.6. The van der Waals surface area contributed by atoms with Crippen LogP contribution < -0.4 is 26.1 Å². The van der Waals surface area contributed by atoms with Crippen molar-refractivity contribution < 1.29 is 28.6 Å². The van der Waals surface area contributed by atoms with E-state index in [0.29, 0.717) is 16.9 Å². The molecule has 0 spiro atoms. The van der Waals surface area contributed by atoms with E-state index in [-0.39, 0.29) is 12.5 Å². The lowest BCUT2D eigenvalue weighted by molar-refractivity contribution is -0.309. The molecule has 2 aromatic rings. The van der Waals surface area contributed by atoms with Gasteiger partial charge in [0.05, 0.1) is 18.6 Å². The number of hydrogen-bond acceptors (Lipinski definition) is 7. The van der Waals surface area contributed by atoms with Crippen LogP contribution in [-0.4, -0.2) is 37.0 Å². The molecule has 0 aliphatic rings. The van der Waals surface area contributed by atoms with E-state index >= 15 is 0 Å². The molecular formula is C22H27N2O7-. The first-order valence-corrected chi connectivity index (χ1v) is 10.1. The highest BCUT2D eigenvalue weighted by atomic mass is 16.5. The van der Waals surface area contributed by atoms with Gasteiger partial charge in [-0.2, -0.15) is 0 Å². The van der Waals surface area contributed by atoms with Crippen molar-refractivity contribution in [2.45, 2.75) is 46.6 Å². The Kier molecular flexibility index (Phi) is 8.18. The molecule has 1 atom stereocenters. The summed E-state index contributed by atoms with van der Waals surface area (Å²) in [7, 11) is 0. The van der Waals surface area contributed by atoms with Crippen LogP contribution >= 0.6 is 0 Å². The Bertz CT molecular complexity index is 1030. The van der Waals surface area contributed by atoms with Crippen LogP contribution in [-0.2, 0) is 20.8 Å². The number of aliphatic carboxylic acids is 1. The molecule has 168 valence electrons. The van der Waals surface area contributed by atoms with Crippen LogP contribution in [0.4, 0.5) is 0 Å². The molecular weight excluding hydrogens is 404 g/mol. The molecule has 0 saturated carbocycles. The average molecular weight is 431 g/mol. The molecule has 0 aliphatic heterocycles. The van der Waals surface area contributed by atoms with Gasteiger partial charge in [-0.1, -0.05) is 27.2 Å². The maximum Gasteiger partial charge on any atom is 0.336 e. The number of rotatable bonds is 10. The van der Waals surface area contributed by atoms with Gasteiger partial charge in [0.15, 0.2) is 6.61 Å². The van der Waals surface area contributed by atoms with Crippen molar-refractivity contribution in [3.63, 3.8) is 0 Å². The minimum atomic E-state index is -1.39. The van der Waals surface area contributed by atoms with Gasteiger partial charge in [-0.05, 0) is 37.0 Å². The van der Waals surface area contributed by atoms with E-state index in [1.165, 1.54) is 6.07 Å². The van der Waals surface area contributed by atoms with Gasteiger partial charge in [-0.15, -0.1) is 0 Å². The van der Waals surface area contributed by atoms with E-state index in [0.717, 1.165) is 23.8 Å². The third-order valence-corrected chi connectivity index (χ3v) is 4.76. The Hall–Kier alpha value is -3.36. The van der Waals surface area contributed by atoms with Crippen LogP contribution in [0.25, 0.3) is 11.0 Å². The van der Waals surface area contributed by atoms with E-state index in [9.17, 15) is 24.3 Å². The van der Waals surface area contributed by atoms with Crippen LogP contribution in [0.3, 0.4) is 0 Å². The van der Waals surface area contributed by atoms with E-state index < -0.39 is 36.0 Å². The zero-order valence-corrected chi connectivity index (χ0v) is 18.1. The standard InChI is InChI=1S/C22H28N2O7/c1-5-6-14-9-19(27)31-21-13(4)16(8-7-15(14)21)30-11-18(26)23-10-17(25)24-20(12(2)3)22(28)29/h7-9,12,20H,5-6,10-11H2,1-4H3,(H,23,26)(H,24,25)(H,28,29)/p-1/t20-/m0/s1. The molecule has 1 aromatic carbocycles. The van der Waals surface area contributed by atoms with Crippen molar-refractivity contribution in [3.8, 4) is 5.75 Å². The highest BCUT2D eigenvalue weighted by Crippen LogP contribution is 2.28. The zero-order chi connectivity index (χ0) is 23.1. The minimum absolute atomic E-state index is 0.359. The molecule has 1 heterocycles. The van der Waals surface area contributed by atoms with Crippen LogP contribution in [0.1, 0.15) is 38.3 Å². The highest BCUT2D eigenvalue weighted by molar-refractivity contribution is 5.88. The smallest absolute Gasteiger partial charge is 0.336 e. The molecule has 2 amide bonds. The van der Waals surface area contributed by atoms with Gasteiger partial charge in [0.25, 0.3) is 5.91 Å². The van der Waals surface area contributed by atoms with Crippen LogP contribution in [0, 0.1) is 12.8 Å². The molecule has 9 heteroatoms. The summed E-state index contributed by atoms with van der Waals surface area (Å²) in [4.78, 5) is 46.8. The Labute approximate surface area is 179 Å². The number of carboxylic acids is 1. The van der Waals surface area contributed by atoms with Crippen LogP contribution in [0.15, 0.2) is 27.4 Å². The molecule has 2 N–H and O–H groups in total. The molecule has 0 bridgehead atoms. The number of aryl methyl sites for hydroxylation is 2. The molecule has 31 heavy (non-hydrogen) atoms. The maximum atomic E-state index is 12.0. The van der Waals surface area contributed by atoms with Crippen molar-refractivity contribution in [2.24, 2.45) is 5.92 Å². The van der Waals surface area contributed by atoms with Crippen molar-refractivity contribution in [1.29, 1.82) is 0 Å². The van der Waals surface area contributed by atoms with Gasteiger partial charge in [0, 0.05) is 17.0 Å². The monoisotopic (exact) mass is 431 g/mol. The summed E-state index contributed by atoms with van der Waals surface area (Å²) >= 11 is 0. The molecule has 2 rings (SSSR count). The number of carbonyl (C=O) groups is 3. The molecule has 1 aromatic heterocycles. The SMILES string of the molecule is CCCc1cc(=O)oc2c(C)c(OCC(=O)NCC(=O)N[C@H](C(=O)[O-])C(C)C)ccc12. The summed E-state index contributed by atoms with van der Waals surface area (Å²) in [6.07, 6.45) is 1.62. The normalized spacial score (nSPS) is 11.9. The number of amides is 2. The Balaban J connectivity index is 1.99. The summed E-state index contributed by atoms with van der Waals surface area (Å²) in [6.45, 7) is 6.24. The summed E-state index contributed by atoms with van der Waals surface area (Å²) in [6, 6.07) is 3.81. The Morgan fingerprint density at radius 2 is 1.90 bits per heavy atom. The topological polar surface area (TPSA) is 138 Å². The molecule has 0 aliphatic carbocycles. The quantitative estimate of drug-likeness (QED) is 0.521. The number of ether oxygens (including phenoxy) is 1. The predicted molar refractivity (Wildman–Crippen MR) is 111 cm³/mol. The van der Waals surface area contributed by atoms with Crippen LogP contribution in [0.5, 0.6) is 5.75 Å². The van der Waals surface area contributed by atoms with E-state index in [1.54, 1.807) is 32.9 Å². The second-order valence-electron chi connectivity index (χ2n) is 7.58. The van der Waals surface area contributed by atoms with Crippen molar-refractivity contribution in [1.82, 2.24) is 10.6 Å². The maximum absolute atomic E-state index is 12.0. The lowest BCUT2D eigenvalue weighted by Crippen LogP contribution is -2.53. The number of benzene rings is 1. The third kappa shape index (κ3) is 6.31. The highest BCUT2D eigenvalue weighted by Gasteiger charge is 2.18. The van der Waals surface area contributed by atoms with Gasteiger partial charge < -0.3 is 29.7 Å². The van der Waals surface area contributed by atoms with Gasteiger partial charge in [0.2, 0.25) is 5.91 Å². The molecule has 0 fully saturated rings. The fourth-order valence-corrected chi connectivity index (χ4v) is 3.14. The van der Waals surface area contributed by atoms with E-state index in [4.69, 9.17) is 9.15 Å². The average Bonchev–Trinajstić information content (AvgIpc) is 2.70. The fourth-order valence-electron chi connectivity index (χ4n) is 3.14. The first kappa shape index (κ1) is 23.9. The molecule has 0 unspecified atom stereocenters. The largest absolute Gasteiger partial charge is 0.548 e. The number of nitrogens with one attached hydrogen (secondary N) is 2. The molecule has 9 nitrogen and oxygen atoms in total. The van der Waals surface area contributed by atoms with Crippen LogP contribution in [0.2, 0.25) is 0 Å². The first-order valence-electron chi connectivity index (χ1n) is 10.1. The molecule has 0 saturated heterocycles. The summed E-state index contributed by atoms with van der Waals surface area (Å²) in [5, 5.41) is 16.5. The number of carbonyl (C=O) groups excluding carboxylic acids is 3. The van der Waals surface area contributed by atoms with Crippen molar-refractivity contribution >= 4 is 28.8 Å². The summed E-state index contributed by atoms with van der Waals surface area (Å²) < 4.78 is 10.9. The lowest BCUT2D eigenvalue weighted by Gasteiger charge is -2.23. The van der Waals surface area contributed by atoms with Crippen molar-refractivity contribution in [2.75, 3.05) is 13.2 Å². The Morgan fingerprint density at radius 1 is 1.19 bits per heavy atom. The minimum Gasteiger partial charge on any atom is -0.548 e. The summed E-state index contributed by atoms with van der Waals surface area (Å²) in [5.74, 6) is -2.59. The number of carboxylic acid groups (broad SMARTS) is 1. The number of hydrogen-bond donors (Lipinski definition) is 2. The van der Waals surface area contributed by atoms with Gasteiger partial charge >= 0.3 is 5.63 Å². The second-order valence-corrected chi connectivity index (χ2v) is 7.58. The van der Waals surface area contributed by atoms with Gasteiger partial charge in [-0.3, -0.25) is 9.59 Å². The Morgan fingerprint density at radius 3 is 2.52 bits per heavy atom. The molecule has 0 radical (unpaired) electrons. The van der Waals surface area contributed by atoms with E-state index in [1.807, 2.05) is 6.92 Å². The number of fused-ring (bicyclic) bond motifs is 1. The zero-order valence-electron chi connectivity index (χ0n) is 18.1. The first-order chi connectivity index (χ1) is 14.6. The third-order valence-electron chi connectivity index (χ3n) is 4.76. The van der Waals surface area contributed by atoms with Crippen molar-refractivity contribution in [3.05, 3.63) is 39.7 Å². The lowest BCUT2D eigenvalue weighted by atomic mass is 10.0. The van der Waals surface area contributed by atoms with Gasteiger partial charge in [-0.25, -0.2) is 4.79 Å². The predicted octanol–water partition coefficient (Wildman–Crippen LogP) is 0.440. The fraction of sp³-hybridized carbons (Fsp3) is 0.455.